The van der Waals surface area contributed by atoms with Crippen LogP contribution in [0.2, 0.25) is 0 Å². The summed E-state index contributed by atoms with van der Waals surface area (Å²) in [4.78, 5) is 27.5. The molecule has 1 amide bonds. The predicted molar refractivity (Wildman–Crippen MR) is 103 cm³/mol. The Morgan fingerprint density at radius 2 is 1.83 bits per heavy atom. The maximum atomic E-state index is 13.1. The fraction of sp³-hybridized carbons (Fsp3) is 0.636. The zero-order chi connectivity index (χ0) is 20.2. The molecule has 5 nitrogen and oxygen atoms in total. The number of rotatable bonds is 5. The molecule has 4 fully saturated rings. The number of cyclic esters (lactones) is 1. The monoisotopic (exact) mass is 404 g/mol. The van der Waals surface area contributed by atoms with Gasteiger partial charge in [0.25, 0.3) is 0 Å². The minimum absolute atomic E-state index is 0.0323. The number of benzene rings is 1. The minimum Gasteiger partial charge on any atom is -0.465 e. The largest absolute Gasteiger partial charge is 0.465 e. The van der Waals surface area contributed by atoms with Crippen molar-refractivity contribution < 1.29 is 23.1 Å². The highest BCUT2D eigenvalue weighted by molar-refractivity contribution is 5.77. The number of esters is 1. The van der Waals surface area contributed by atoms with E-state index in [2.05, 4.69) is 29.2 Å². The van der Waals surface area contributed by atoms with Crippen LogP contribution in [0.5, 0.6) is 0 Å². The number of amides is 1. The molecule has 3 aliphatic heterocycles. The summed E-state index contributed by atoms with van der Waals surface area (Å²) in [7, 11) is 0. The van der Waals surface area contributed by atoms with Crippen LogP contribution < -0.4 is 4.90 Å². The Bertz CT molecular complexity index is 804. The molecule has 1 saturated carbocycles. The van der Waals surface area contributed by atoms with Crippen LogP contribution >= 0.6 is 0 Å². The van der Waals surface area contributed by atoms with Crippen molar-refractivity contribution in [1.82, 2.24) is 4.90 Å². The van der Waals surface area contributed by atoms with E-state index < -0.39 is 5.92 Å². The lowest BCUT2D eigenvalue weighted by Gasteiger charge is -2.59. The van der Waals surface area contributed by atoms with Crippen LogP contribution in [0.25, 0.3) is 0 Å². The van der Waals surface area contributed by atoms with E-state index in [4.69, 9.17) is 4.74 Å². The van der Waals surface area contributed by atoms with E-state index in [-0.39, 0.29) is 36.1 Å². The van der Waals surface area contributed by atoms with Gasteiger partial charge in [-0.05, 0) is 24.1 Å². The number of ether oxygens (including phenoxy) is 1. The van der Waals surface area contributed by atoms with Crippen LogP contribution in [0.1, 0.15) is 43.6 Å². The van der Waals surface area contributed by atoms with Gasteiger partial charge in [0.2, 0.25) is 11.8 Å². The number of likely N-dealkylation sites (tertiary alicyclic amines) is 1. The predicted octanol–water partition coefficient (Wildman–Crippen LogP) is 3.19. The molecule has 1 aliphatic carbocycles. The molecule has 1 atom stereocenters. The zero-order valence-corrected chi connectivity index (χ0v) is 16.4. The van der Waals surface area contributed by atoms with E-state index in [0.29, 0.717) is 31.8 Å². The van der Waals surface area contributed by atoms with Crippen molar-refractivity contribution in [3.63, 3.8) is 0 Å². The third-order valence-corrected chi connectivity index (χ3v) is 6.99. The molecular weight excluding hydrogens is 378 g/mol. The van der Waals surface area contributed by atoms with Gasteiger partial charge in [0.15, 0.2) is 0 Å². The maximum Gasteiger partial charge on any atom is 0.306 e. The highest BCUT2D eigenvalue weighted by Gasteiger charge is 2.61. The smallest absolute Gasteiger partial charge is 0.306 e. The first-order chi connectivity index (χ1) is 13.8. The van der Waals surface area contributed by atoms with Gasteiger partial charge in [0.05, 0.1) is 13.0 Å². The fourth-order valence-corrected chi connectivity index (χ4v) is 5.30. The van der Waals surface area contributed by atoms with Crippen molar-refractivity contribution in [2.45, 2.75) is 43.9 Å². The molecular formula is C22H26F2N2O3. The van der Waals surface area contributed by atoms with E-state index >= 15 is 0 Å². The van der Waals surface area contributed by atoms with Gasteiger partial charge in [0, 0.05) is 68.4 Å². The molecule has 0 N–H and O–H groups in total. The summed E-state index contributed by atoms with van der Waals surface area (Å²) in [6.45, 7) is 3.37. The van der Waals surface area contributed by atoms with Gasteiger partial charge < -0.3 is 14.5 Å². The second-order valence-electron chi connectivity index (χ2n) is 9.44. The molecule has 7 heteroatoms. The van der Waals surface area contributed by atoms with Crippen molar-refractivity contribution in [1.29, 1.82) is 0 Å². The average Bonchev–Trinajstić information content (AvgIpc) is 3.00. The van der Waals surface area contributed by atoms with E-state index in [9.17, 15) is 18.4 Å². The molecule has 0 bridgehead atoms. The Balaban J connectivity index is 1.06. The lowest BCUT2D eigenvalue weighted by atomic mass is 9.61. The number of hydrogen-bond donors (Lipinski definition) is 0. The number of alkyl halides is 2. The van der Waals surface area contributed by atoms with E-state index in [1.54, 1.807) is 0 Å². The van der Waals surface area contributed by atoms with E-state index in [1.807, 2.05) is 4.90 Å². The van der Waals surface area contributed by atoms with Crippen molar-refractivity contribution in [2.75, 3.05) is 37.7 Å². The number of carbonyl (C=O) groups excluding carboxylic acids is 2. The number of hydrogen-bond acceptors (Lipinski definition) is 4. The van der Waals surface area contributed by atoms with Crippen LogP contribution in [0, 0.1) is 11.3 Å². The van der Waals surface area contributed by atoms with Gasteiger partial charge in [-0.3, -0.25) is 9.59 Å². The van der Waals surface area contributed by atoms with Crippen LogP contribution in [0.4, 0.5) is 14.5 Å². The highest BCUT2D eigenvalue weighted by atomic mass is 19.3. The van der Waals surface area contributed by atoms with Gasteiger partial charge in [0.1, 0.15) is 0 Å². The highest BCUT2D eigenvalue weighted by Crippen LogP contribution is 2.57. The van der Waals surface area contributed by atoms with Crippen LogP contribution in [-0.4, -0.2) is 55.5 Å². The standard InChI is InChI=1S/C22H26F2N2O3/c23-22(24)11-21(12-22)13-26(14-21)18-4-2-16(3-5-18)17-8-25(9-17)19(27)6-1-15-7-20(28)29-10-15/h2-5,15,17H,1,6-14H2/t15-/m0/s1. The van der Waals surface area contributed by atoms with E-state index in [1.165, 1.54) is 5.56 Å². The molecule has 3 saturated heterocycles. The third kappa shape index (κ3) is 3.60. The van der Waals surface area contributed by atoms with Gasteiger partial charge in [-0.25, -0.2) is 8.78 Å². The quantitative estimate of drug-likeness (QED) is 0.708. The third-order valence-electron chi connectivity index (χ3n) is 6.99. The molecule has 0 aromatic heterocycles. The summed E-state index contributed by atoms with van der Waals surface area (Å²) < 4.78 is 31.2. The van der Waals surface area contributed by atoms with Gasteiger partial charge in [-0.1, -0.05) is 12.1 Å². The normalized spacial score (nSPS) is 27.2. The molecule has 1 aromatic rings. The first-order valence-corrected chi connectivity index (χ1v) is 10.5. The molecule has 0 unspecified atom stereocenters. The number of halogens is 2. The van der Waals surface area contributed by atoms with Crippen molar-refractivity contribution in [3.8, 4) is 0 Å². The number of nitrogens with zero attached hydrogens (tertiary/aromatic N) is 2. The first-order valence-electron chi connectivity index (χ1n) is 10.5. The summed E-state index contributed by atoms with van der Waals surface area (Å²) in [6, 6.07) is 8.34. The molecule has 5 rings (SSSR count). The topological polar surface area (TPSA) is 49.9 Å². The molecule has 1 aromatic carbocycles. The number of carbonyl (C=O) groups is 2. The molecule has 156 valence electrons. The lowest BCUT2D eigenvalue weighted by molar-refractivity contribution is -0.170. The Kier molecular flexibility index (Phi) is 4.33. The van der Waals surface area contributed by atoms with Crippen LogP contribution in [0.15, 0.2) is 24.3 Å². The second-order valence-corrected chi connectivity index (χ2v) is 9.44. The van der Waals surface area contributed by atoms with Crippen molar-refractivity contribution in [2.24, 2.45) is 11.3 Å². The second kappa shape index (κ2) is 6.67. The Labute approximate surface area is 169 Å². The Morgan fingerprint density at radius 1 is 1.14 bits per heavy atom. The summed E-state index contributed by atoms with van der Waals surface area (Å²) in [6.07, 6.45) is 1.68. The van der Waals surface area contributed by atoms with Crippen molar-refractivity contribution in [3.05, 3.63) is 29.8 Å². The SMILES string of the molecule is O=C1C[C@H](CCC(=O)N2CC(c3ccc(N4CC5(C4)CC(F)(F)C5)cc3)C2)CO1. The fourth-order valence-electron chi connectivity index (χ4n) is 5.30. The zero-order valence-electron chi connectivity index (χ0n) is 16.4. The molecule has 3 heterocycles. The van der Waals surface area contributed by atoms with Gasteiger partial charge >= 0.3 is 5.97 Å². The minimum atomic E-state index is -2.45. The summed E-state index contributed by atoms with van der Waals surface area (Å²) in [5, 5.41) is 0. The molecule has 1 spiro atoms. The van der Waals surface area contributed by atoms with E-state index in [0.717, 1.165) is 31.9 Å². The van der Waals surface area contributed by atoms with Gasteiger partial charge in [-0.2, -0.15) is 0 Å². The Morgan fingerprint density at radius 3 is 2.41 bits per heavy atom. The Hall–Kier alpha value is -2.18. The van der Waals surface area contributed by atoms with Crippen LogP contribution in [0.3, 0.4) is 0 Å². The summed E-state index contributed by atoms with van der Waals surface area (Å²) >= 11 is 0. The first kappa shape index (κ1) is 18.8. The summed E-state index contributed by atoms with van der Waals surface area (Å²) in [5.41, 5.74) is 2.16. The molecule has 4 aliphatic rings. The lowest BCUT2D eigenvalue weighted by Crippen LogP contribution is -2.66. The maximum absolute atomic E-state index is 13.1. The van der Waals surface area contributed by atoms with Crippen molar-refractivity contribution >= 4 is 17.6 Å². The van der Waals surface area contributed by atoms with Crippen LogP contribution in [-0.2, 0) is 14.3 Å². The number of anilines is 1. The molecule has 29 heavy (non-hydrogen) atoms. The molecule has 0 radical (unpaired) electrons. The summed E-state index contributed by atoms with van der Waals surface area (Å²) in [5.74, 6) is -1.92. The average molecular weight is 404 g/mol. The van der Waals surface area contributed by atoms with Gasteiger partial charge in [-0.15, -0.1) is 0 Å².